The topological polar surface area (TPSA) is 106 Å². The van der Waals surface area contributed by atoms with Crippen LogP contribution in [-0.4, -0.2) is 24.6 Å². The van der Waals surface area contributed by atoms with Crippen molar-refractivity contribution in [3.8, 4) is 17.0 Å². The van der Waals surface area contributed by atoms with Crippen molar-refractivity contribution in [2.45, 2.75) is 0 Å². The van der Waals surface area contributed by atoms with Gasteiger partial charge in [0, 0.05) is 48.0 Å². The second-order valence-corrected chi connectivity index (χ2v) is 6.14. The van der Waals surface area contributed by atoms with E-state index >= 15 is 0 Å². The molecule has 0 radical (unpaired) electrons. The molecule has 0 aliphatic rings. The van der Waals surface area contributed by atoms with Gasteiger partial charge < -0.3 is 15.0 Å². The van der Waals surface area contributed by atoms with E-state index in [-0.39, 0.29) is 11.6 Å². The second-order valence-electron chi connectivity index (χ2n) is 6.14. The van der Waals surface area contributed by atoms with Crippen LogP contribution in [0.3, 0.4) is 0 Å². The molecule has 0 amide bonds. The second kappa shape index (κ2) is 6.62. The Morgan fingerprint density at radius 3 is 2.82 bits per heavy atom. The minimum Gasteiger partial charge on any atom is -0.506 e. The van der Waals surface area contributed by atoms with Crippen molar-refractivity contribution < 1.29 is 14.4 Å². The van der Waals surface area contributed by atoms with Crippen LogP contribution in [0.25, 0.3) is 22.2 Å². The summed E-state index contributed by atoms with van der Waals surface area (Å²) in [5, 5.41) is 24.6. The van der Waals surface area contributed by atoms with E-state index < -0.39 is 22.2 Å². The van der Waals surface area contributed by atoms with Gasteiger partial charge in [-0.05, 0) is 12.1 Å². The molecule has 0 aliphatic carbocycles. The van der Waals surface area contributed by atoms with Crippen LogP contribution in [0, 0.1) is 15.9 Å². The number of nitro groups is 1. The van der Waals surface area contributed by atoms with Crippen LogP contribution in [0.2, 0.25) is 0 Å². The fourth-order valence-corrected chi connectivity index (χ4v) is 3.03. The third-order valence-electron chi connectivity index (χ3n) is 4.34. The zero-order chi connectivity index (χ0) is 19.8. The number of phenolic OH excluding ortho intramolecular Hbond substituents is 1. The Morgan fingerprint density at radius 1 is 1.25 bits per heavy atom. The van der Waals surface area contributed by atoms with Gasteiger partial charge in [-0.3, -0.25) is 10.1 Å². The Balaban J connectivity index is 1.74. The lowest BCUT2D eigenvalue weighted by Gasteiger charge is -2.08. The van der Waals surface area contributed by atoms with Gasteiger partial charge in [0.2, 0.25) is 11.8 Å². The van der Waals surface area contributed by atoms with Crippen LogP contribution in [0.4, 0.5) is 21.7 Å². The lowest BCUT2D eigenvalue weighted by atomic mass is 10.1. The van der Waals surface area contributed by atoms with Gasteiger partial charge in [-0.2, -0.15) is 4.39 Å². The van der Waals surface area contributed by atoms with Gasteiger partial charge in [0.05, 0.1) is 16.3 Å². The molecule has 4 aromatic rings. The Bertz CT molecular complexity index is 1220. The van der Waals surface area contributed by atoms with Gasteiger partial charge >= 0.3 is 5.69 Å². The molecular weight excluding hydrogens is 365 g/mol. The number of hydrogen-bond donors (Lipinski definition) is 2. The summed E-state index contributed by atoms with van der Waals surface area (Å²) in [6.07, 6.45) is 3.47. The highest BCUT2D eigenvalue weighted by atomic mass is 19.1. The van der Waals surface area contributed by atoms with Crippen LogP contribution >= 0.6 is 0 Å². The third kappa shape index (κ3) is 2.98. The van der Waals surface area contributed by atoms with Crippen LogP contribution in [0.15, 0.2) is 54.9 Å². The van der Waals surface area contributed by atoms with Crippen molar-refractivity contribution in [2.75, 3.05) is 5.32 Å². The minimum atomic E-state index is -1.13. The maximum Gasteiger partial charge on any atom is 0.307 e. The summed E-state index contributed by atoms with van der Waals surface area (Å²) in [5.41, 5.74) is 1.73. The fraction of sp³-hybridized carbons (Fsp3) is 0.0526. The number of anilines is 2. The molecule has 0 spiro atoms. The first-order valence-electron chi connectivity index (χ1n) is 8.25. The predicted molar refractivity (Wildman–Crippen MR) is 102 cm³/mol. The Hall–Kier alpha value is -4.01. The number of phenols is 1. The molecule has 2 heterocycles. The molecule has 28 heavy (non-hydrogen) atoms. The molecule has 0 aliphatic heterocycles. The normalized spacial score (nSPS) is 10.9. The summed E-state index contributed by atoms with van der Waals surface area (Å²) in [7, 11) is 1.93. The molecule has 0 atom stereocenters. The van der Waals surface area contributed by atoms with E-state index in [2.05, 4.69) is 15.3 Å². The Morgan fingerprint density at radius 2 is 2.04 bits per heavy atom. The summed E-state index contributed by atoms with van der Waals surface area (Å²) in [4.78, 5) is 18.6. The molecular formula is C19H14FN5O3. The van der Waals surface area contributed by atoms with E-state index in [9.17, 15) is 19.6 Å². The minimum absolute atomic E-state index is 0.0665. The number of nitro benzene ring substituents is 1. The first kappa shape index (κ1) is 17.4. The van der Waals surface area contributed by atoms with E-state index in [4.69, 9.17) is 0 Å². The van der Waals surface area contributed by atoms with Gasteiger partial charge in [-0.15, -0.1) is 0 Å². The molecule has 140 valence electrons. The highest BCUT2D eigenvalue weighted by Gasteiger charge is 2.19. The summed E-state index contributed by atoms with van der Waals surface area (Å²) < 4.78 is 15.6. The predicted octanol–water partition coefficient (Wildman–Crippen LogP) is 4.13. The number of nitrogens with zero attached hydrogens (tertiary/aromatic N) is 4. The third-order valence-corrected chi connectivity index (χ3v) is 4.34. The summed E-state index contributed by atoms with van der Waals surface area (Å²) in [6.45, 7) is 0. The zero-order valence-corrected chi connectivity index (χ0v) is 14.6. The average molecular weight is 379 g/mol. The molecule has 0 saturated heterocycles. The molecule has 2 aromatic heterocycles. The van der Waals surface area contributed by atoms with Crippen molar-refractivity contribution in [3.05, 3.63) is 70.8 Å². The molecule has 0 saturated carbocycles. The molecule has 8 nitrogen and oxygen atoms in total. The van der Waals surface area contributed by atoms with E-state index in [0.29, 0.717) is 11.8 Å². The lowest BCUT2D eigenvalue weighted by molar-refractivity contribution is -0.387. The molecule has 0 bridgehead atoms. The van der Waals surface area contributed by atoms with E-state index in [1.54, 1.807) is 6.07 Å². The quantitative estimate of drug-likeness (QED) is 0.314. The Kier molecular flexibility index (Phi) is 4.11. The number of aromatic hydroxyl groups is 1. The number of aryl methyl sites for hydroxylation is 1. The smallest absolute Gasteiger partial charge is 0.307 e. The number of benzene rings is 2. The van der Waals surface area contributed by atoms with Crippen LogP contribution in [0.1, 0.15) is 0 Å². The van der Waals surface area contributed by atoms with Crippen LogP contribution < -0.4 is 5.32 Å². The van der Waals surface area contributed by atoms with Crippen molar-refractivity contribution in [3.63, 3.8) is 0 Å². The average Bonchev–Trinajstić information content (AvgIpc) is 3.01. The van der Waals surface area contributed by atoms with E-state index in [1.807, 2.05) is 42.1 Å². The number of hydrogen-bond acceptors (Lipinski definition) is 6. The number of rotatable bonds is 4. The first-order chi connectivity index (χ1) is 13.4. The van der Waals surface area contributed by atoms with E-state index in [0.717, 1.165) is 22.5 Å². The first-order valence-corrected chi connectivity index (χ1v) is 8.25. The monoisotopic (exact) mass is 379 g/mol. The number of para-hydroxylation sites is 1. The summed E-state index contributed by atoms with van der Waals surface area (Å²) >= 11 is 0. The fourth-order valence-electron chi connectivity index (χ4n) is 3.03. The Labute approximate surface area is 158 Å². The van der Waals surface area contributed by atoms with Gasteiger partial charge in [0.1, 0.15) is 5.75 Å². The van der Waals surface area contributed by atoms with Crippen molar-refractivity contribution in [1.82, 2.24) is 14.5 Å². The van der Waals surface area contributed by atoms with Crippen molar-refractivity contribution in [2.24, 2.45) is 7.05 Å². The van der Waals surface area contributed by atoms with Crippen molar-refractivity contribution >= 4 is 28.2 Å². The van der Waals surface area contributed by atoms with Gasteiger partial charge in [0.25, 0.3) is 0 Å². The standard InChI is InChI=1S/C19H14FN5O3/c1-24-10-12(11-4-2-3-5-16(11)24)14-6-7-21-19(22-14)23-15-9-17(25(27)28)13(20)8-18(15)26/h2-10,26H,1H3,(H,21,22,23). The zero-order valence-electron chi connectivity index (χ0n) is 14.6. The molecule has 0 fully saturated rings. The molecule has 4 rings (SSSR count). The number of aromatic nitrogens is 3. The molecule has 2 aromatic carbocycles. The summed E-state index contributed by atoms with van der Waals surface area (Å²) in [6, 6.07) is 11.2. The highest BCUT2D eigenvalue weighted by Crippen LogP contribution is 2.33. The maximum atomic E-state index is 13.6. The maximum absolute atomic E-state index is 13.6. The molecule has 0 unspecified atom stereocenters. The number of fused-ring (bicyclic) bond motifs is 1. The van der Waals surface area contributed by atoms with Gasteiger partial charge in [0.15, 0.2) is 0 Å². The van der Waals surface area contributed by atoms with Crippen molar-refractivity contribution in [1.29, 1.82) is 0 Å². The SMILES string of the molecule is Cn1cc(-c2ccnc(Nc3cc([N+](=O)[O-])c(F)cc3O)n2)c2ccccc21. The summed E-state index contributed by atoms with van der Waals surface area (Å²) in [5.74, 6) is -1.50. The number of halogens is 1. The number of nitrogens with one attached hydrogen (secondary N) is 1. The van der Waals surface area contributed by atoms with Crippen LogP contribution in [-0.2, 0) is 7.05 Å². The largest absolute Gasteiger partial charge is 0.506 e. The van der Waals surface area contributed by atoms with Crippen LogP contribution in [0.5, 0.6) is 5.75 Å². The van der Waals surface area contributed by atoms with Gasteiger partial charge in [-0.25, -0.2) is 9.97 Å². The van der Waals surface area contributed by atoms with Gasteiger partial charge in [-0.1, -0.05) is 18.2 Å². The molecule has 2 N–H and O–H groups in total. The molecule has 9 heteroatoms. The lowest BCUT2D eigenvalue weighted by Crippen LogP contribution is -2.00. The highest BCUT2D eigenvalue weighted by molar-refractivity contribution is 5.95. The van der Waals surface area contributed by atoms with E-state index in [1.165, 1.54) is 6.20 Å².